The Kier molecular flexibility index (Phi) is 45.3. The summed E-state index contributed by atoms with van der Waals surface area (Å²) < 4.78 is 4.92. The van der Waals surface area contributed by atoms with Crippen molar-refractivity contribution in [1.82, 2.24) is 34.3 Å². The summed E-state index contributed by atoms with van der Waals surface area (Å²) in [5.74, 6) is 0. The van der Waals surface area contributed by atoms with Crippen molar-refractivity contribution >= 4 is 0 Å². The van der Waals surface area contributed by atoms with Gasteiger partial charge in [-0.1, -0.05) is 29.2 Å². The average Bonchev–Trinajstić information content (AvgIpc) is 3.64. The minimum atomic E-state index is 0. The molecule has 1 saturated heterocycles. The summed E-state index contributed by atoms with van der Waals surface area (Å²) in [6, 6.07) is 4.37. The lowest BCUT2D eigenvalue weighted by Crippen LogP contribution is -2.30. The van der Waals surface area contributed by atoms with E-state index in [1.807, 2.05) is 26.0 Å². The van der Waals surface area contributed by atoms with E-state index in [0.29, 0.717) is 12.5 Å². The molecule has 0 amide bonds. The Hall–Kier alpha value is -0.830. The molecule has 43 heavy (non-hydrogen) atoms. The molecule has 2 rings (SSSR count). The van der Waals surface area contributed by atoms with E-state index in [4.69, 9.17) is 10.00 Å². The van der Waals surface area contributed by atoms with Crippen LogP contribution in [0, 0.1) is 11.3 Å². The van der Waals surface area contributed by atoms with E-state index in [2.05, 4.69) is 113 Å². The van der Waals surface area contributed by atoms with Gasteiger partial charge in [0, 0.05) is 64.4 Å². The van der Waals surface area contributed by atoms with Crippen LogP contribution in [-0.4, -0.2) is 189 Å². The van der Waals surface area contributed by atoms with Crippen LogP contribution in [0.5, 0.6) is 0 Å². The highest BCUT2D eigenvalue weighted by Gasteiger charge is 2.25. The quantitative estimate of drug-likeness (QED) is 0.306. The predicted octanol–water partition coefficient (Wildman–Crippen LogP) is 4.81. The number of methoxy groups -OCH3 is 1. The zero-order valence-corrected chi connectivity index (χ0v) is 29.7. The molecule has 0 aromatic rings. The lowest BCUT2D eigenvalue weighted by atomic mass is 10.2. The predicted molar refractivity (Wildman–Crippen MR) is 197 cm³/mol. The summed E-state index contributed by atoms with van der Waals surface area (Å²) in [5, 5.41) is 8.24. The summed E-state index contributed by atoms with van der Waals surface area (Å²) in [5.41, 5.74) is 0. The molecule has 0 spiro atoms. The average molecular weight is 621 g/mol. The van der Waals surface area contributed by atoms with E-state index >= 15 is 0 Å². The second-order valence-corrected chi connectivity index (χ2v) is 12.4. The molecular weight excluding hydrogens is 536 g/mol. The third-order valence-corrected chi connectivity index (χ3v) is 6.84. The summed E-state index contributed by atoms with van der Waals surface area (Å²) in [6.07, 6.45) is 4.68. The molecule has 1 unspecified atom stereocenters. The zero-order valence-electron chi connectivity index (χ0n) is 29.7. The number of nitrogens with zero attached hydrogens (tertiary/aromatic N) is 8. The number of likely N-dealkylation sites (tertiary alicyclic amines) is 1. The third-order valence-electron chi connectivity index (χ3n) is 6.84. The lowest BCUT2D eigenvalue weighted by Gasteiger charge is -2.19. The summed E-state index contributed by atoms with van der Waals surface area (Å²) in [4.78, 5) is 15.7. The Morgan fingerprint density at radius 1 is 0.814 bits per heavy atom. The second kappa shape index (κ2) is 35.6. The van der Waals surface area contributed by atoms with Crippen LogP contribution in [0.1, 0.15) is 68.7 Å². The number of ether oxygens (including phenoxy) is 1. The van der Waals surface area contributed by atoms with Crippen LogP contribution in [-0.2, 0) is 4.74 Å². The van der Waals surface area contributed by atoms with E-state index < -0.39 is 0 Å². The molecule has 1 saturated carbocycles. The first-order valence-electron chi connectivity index (χ1n) is 15.2. The van der Waals surface area contributed by atoms with Gasteiger partial charge in [0.05, 0.1) is 12.7 Å². The van der Waals surface area contributed by atoms with E-state index in [1.54, 1.807) is 7.11 Å². The van der Waals surface area contributed by atoms with Gasteiger partial charge in [0.1, 0.15) is 0 Å². The summed E-state index contributed by atoms with van der Waals surface area (Å²) >= 11 is 0. The minimum Gasteiger partial charge on any atom is -0.383 e. The Morgan fingerprint density at radius 2 is 1.33 bits per heavy atom. The van der Waals surface area contributed by atoms with E-state index in [0.717, 1.165) is 44.9 Å². The van der Waals surface area contributed by atoms with Gasteiger partial charge in [0.2, 0.25) is 0 Å². The fraction of sp³-hybridized carbons (Fsp3) is 0.971. The van der Waals surface area contributed by atoms with Gasteiger partial charge >= 0.3 is 0 Å². The van der Waals surface area contributed by atoms with Crippen LogP contribution in [0.4, 0.5) is 0 Å². The van der Waals surface area contributed by atoms with Crippen molar-refractivity contribution in [1.29, 1.82) is 5.26 Å². The topological polar surface area (TPSA) is 55.7 Å². The van der Waals surface area contributed by atoms with Crippen LogP contribution in [0.3, 0.4) is 0 Å². The maximum Gasteiger partial charge on any atom is 0.0635 e. The van der Waals surface area contributed by atoms with E-state index in [9.17, 15) is 0 Å². The van der Waals surface area contributed by atoms with Gasteiger partial charge in [-0.15, -0.1) is 0 Å². The highest BCUT2D eigenvalue weighted by atomic mass is 16.5. The normalized spacial score (nSPS) is 15.6. The molecule has 1 atom stereocenters. The molecule has 0 N–H and O–H groups in total. The van der Waals surface area contributed by atoms with Gasteiger partial charge in [-0.25, -0.2) is 0 Å². The molecule has 2 fully saturated rings. The first kappa shape index (κ1) is 54.6. The number of rotatable bonds is 12. The summed E-state index contributed by atoms with van der Waals surface area (Å²) in [7, 11) is 24.8. The first-order valence-corrected chi connectivity index (χ1v) is 15.2. The molecule has 0 aromatic heterocycles. The first-order chi connectivity index (χ1) is 18.6. The second-order valence-electron chi connectivity index (χ2n) is 12.4. The maximum atomic E-state index is 8.24. The largest absolute Gasteiger partial charge is 0.383 e. The van der Waals surface area contributed by atoms with Gasteiger partial charge in [0.25, 0.3) is 0 Å². The van der Waals surface area contributed by atoms with Crippen molar-refractivity contribution in [2.24, 2.45) is 0 Å². The standard InChI is InChI=1S/C7H16N2.C7H12N2.C7H18N2.C7H17NO.C3H9N.3CH4/c1-8(2)7-4-5-9(3)6-7;1-9(6-2-5-8)7-3-4-7;1-5-9(4)7-6-8(2)3;1-7(2)8(3)5-6-9-4;1-4(2)3;;;/h7H,4-6H2,1-3H3;7H,2-4,6H2,1H3;5-7H2,1-4H3;7H,5-6H2,1-4H3;1-3H3;3*1H4. The van der Waals surface area contributed by atoms with Gasteiger partial charge in [-0.2, -0.15) is 5.26 Å². The highest BCUT2D eigenvalue weighted by Crippen LogP contribution is 2.24. The Labute approximate surface area is 274 Å². The highest BCUT2D eigenvalue weighted by molar-refractivity contribution is 4.84. The molecule has 266 valence electrons. The summed E-state index contributed by atoms with van der Waals surface area (Å²) in [6.45, 7) is 15.3. The molecule has 1 heterocycles. The molecule has 0 aromatic carbocycles. The van der Waals surface area contributed by atoms with Gasteiger partial charge < -0.3 is 39.0 Å². The Balaban J connectivity index is -0.0000000996. The van der Waals surface area contributed by atoms with Crippen molar-refractivity contribution in [3.63, 3.8) is 0 Å². The maximum absolute atomic E-state index is 8.24. The van der Waals surface area contributed by atoms with Crippen molar-refractivity contribution in [2.45, 2.75) is 86.9 Å². The SMILES string of the molecule is C.C.C.CCN(C)CCN(C)C.CN(C)C.CN(CCC#N)C1CC1.CN1CCC(N(C)C)C1.COCCN(C)C(C)C. The van der Waals surface area contributed by atoms with Crippen LogP contribution in [0.2, 0.25) is 0 Å². The minimum absolute atomic E-state index is 0. The number of nitriles is 1. The fourth-order valence-corrected chi connectivity index (χ4v) is 3.28. The molecule has 9 heteroatoms. The molecule has 9 nitrogen and oxygen atoms in total. The number of hydrogen-bond donors (Lipinski definition) is 0. The van der Waals surface area contributed by atoms with Crippen LogP contribution >= 0.6 is 0 Å². The van der Waals surface area contributed by atoms with Gasteiger partial charge in [-0.3, -0.25) is 0 Å². The van der Waals surface area contributed by atoms with Gasteiger partial charge in [-0.05, 0) is 124 Å². The molecule has 0 radical (unpaired) electrons. The van der Waals surface area contributed by atoms with Crippen LogP contribution in [0.15, 0.2) is 0 Å². The van der Waals surface area contributed by atoms with E-state index in [-0.39, 0.29) is 22.3 Å². The fourth-order valence-electron chi connectivity index (χ4n) is 3.28. The third kappa shape index (κ3) is 43.4. The Bertz CT molecular complexity index is 562. The Morgan fingerprint density at radius 3 is 1.60 bits per heavy atom. The monoisotopic (exact) mass is 621 g/mol. The van der Waals surface area contributed by atoms with E-state index in [1.165, 1.54) is 38.9 Å². The van der Waals surface area contributed by atoms with Crippen molar-refractivity contribution in [3.05, 3.63) is 0 Å². The zero-order chi connectivity index (χ0) is 31.7. The molecule has 1 aliphatic carbocycles. The number of hydrogen-bond acceptors (Lipinski definition) is 9. The smallest absolute Gasteiger partial charge is 0.0635 e. The van der Waals surface area contributed by atoms with Gasteiger partial charge in [0.15, 0.2) is 0 Å². The molecule has 1 aliphatic heterocycles. The number of likely N-dealkylation sites (N-methyl/N-ethyl adjacent to an activating group) is 5. The molecule has 2 aliphatic rings. The van der Waals surface area contributed by atoms with Crippen LogP contribution in [0.25, 0.3) is 0 Å². The molecular formula is C34H84N8O. The molecule has 0 bridgehead atoms. The lowest BCUT2D eigenvalue weighted by molar-refractivity contribution is 0.147. The van der Waals surface area contributed by atoms with Crippen molar-refractivity contribution < 1.29 is 4.74 Å². The van der Waals surface area contributed by atoms with Crippen molar-refractivity contribution in [2.75, 3.05) is 137 Å². The van der Waals surface area contributed by atoms with Crippen molar-refractivity contribution in [3.8, 4) is 6.07 Å². The van der Waals surface area contributed by atoms with Crippen LogP contribution < -0.4 is 0 Å².